The lowest BCUT2D eigenvalue weighted by Crippen LogP contribution is -2.22. The van der Waals surface area contributed by atoms with Gasteiger partial charge in [-0.3, -0.25) is 9.36 Å². The van der Waals surface area contributed by atoms with Crippen molar-refractivity contribution in [3.63, 3.8) is 0 Å². The minimum absolute atomic E-state index is 0.130. The topological polar surface area (TPSA) is 72.7 Å². The first-order valence-electron chi connectivity index (χ1n) is 9.80. The molecule has 4 aromatic rings. The summed E-state index contributed by atoms with van der Waals surface area (Å²) in [5.41, 5.74) is 4.35. The highest BCUT2D eigenvalue weighted by Crippen LogP contribution is 2.26. The summed E-state index contributed by atoms with van der Waals surface area (Å²) in [7, 11) is 0. The van der Waals surface area contributed by atoms with Gasteiger partial charge in [-0.05, 0) is 31.9 Å². The van der Waals surface area contributed by atoms with Gasteiger partial charge in [-0.25, -0.2) is 15.0 Å². The maximum absolute atomic E-state index is 13.2. The van der Waals surface area contributed by atoms with Crippen molar-refractivity contribution in [3.8, 4) is 5.95 Å². The summed E-state index contributed by atoms with van der Waals surface area (Å²) in [6, 6.07) is 19.5. The molecule has 0 saturated carbocycles. The predicted molar refractivity (Wildman–Crippen MR) is 117 cm³/mol. The van der Waals surface area contributed by atoms with Crippen LogP contribution in [0.2, 0.25) is 0 Å². The Kier molecular flexibility index (Phi) is 5.39. The van der Waals surface area contributed by atoms with Crippen LogP contribution in [-0.4, -0.2) is 25.4 Å². The van der Waals surface area contributed by atoms with E-state index in [9.17, 15) is 4.79 Å². The molecule has 0 radical (unpaired) electrons. The van der Waals surface area contributed by atoms with E-state index < -0.39 is 5.92 Å². The van der Waals surface area contributed by atoms with Crippen molar-refractivity contribution in [1.29, 1.82) is 0 Å². The van der Waals surface area contributed by atoms with Crippen molar-refractivity contribution < 1.29 is 4.79 Å². The Labute approximate surface area is 175 Å². The van der Waals surface area contributed by atoms with Gasteiger partial charge in [0.2, 0.25) is 11.9 Å². The Morgan fingerprint density at radius 3 is 1.87 bits per heavy atom. The van der Waals surface area contributed by atoms with Crippen LogP contribution in [0.5, 0.6) is 0 Å². The predicted octanol–water partition coefficient (Wildman–Crippen LogP) is 4.36. The summed E-state index contributed by atoms with van der Waals surface area (Å²) in [5, 5.41) is 2.96. The zero-order chi connectivity index (χ0) is 21.1. The van der Waals surface area contributed by atoms with Gasteiger partial charge in [-0.15, -0.1) is 0 Å². The molecule has 0 saturated heterocycles. The van der Waals surface area contributed by atoms with E-state index in [4.69, 9.17) is 0 Å². The fourth-order valence-corrected chi connectivity index (χ4v) is 3.57. The lowest BCUT2D eigenvalue weighted by atomic mass is 9.90. The van der Waals surface area contributed by atoms with Crippen LogP contribution in [0.15, 0.2) is 73.1 Å². The van der Waals surface area contributed by atoms with E-state index in [0.717, 1.165) is 28.3 Å². The van der Waals surface area contributed by atoms with E-state index in [0.29, 0.717) is 11.6 Å². The quantitative estimate of drug-likeness (QED) is 0.543. The summed E-state index contributed by atoms with van der Waals surface area (Å²) in [5.74, 6) is 0.809. The minimum atomic E-state index is -0.423. The van der Waals surface area contributed by atoms with Gasteiger partial charge < -0.3 is 5.32 Å². The molecule has 0 bridgehead atoms. The second-order valence-electron chi connectivity index (χ2n) is 7.18. The summed E-state index contributed by atoms with van der Waals surface area (Å²) >= 11 is 0. The summed E-state index contributed by atoms with van der Waals surface area (Å²) in [4.78, 5) is 26.5. The molecule has 4 rings (SSSR count). The van der Waals surface area contributed by atoms with Gasteiger partial charge >= 0.3 is 0 Å². The van der Waals surface area contributed by atoms with Crippen LogP contribution >= 0.6 is 0 Å². The molecule has 6 heteroatoms. The molecule has 0 spiro atoms. The van der Waals surface area contributed by atoms with Crippen LogP contribution < -0.4 is 5.32 Å². The van der Waals surface area contributed by atoms with E-state index in [1.807, 2.05) is 86.0 Å². The Morgan fingerprint density at radius 2 is 1.40 bits per heavy atom. The molecular formula is C24H23N5O. The molecular weight excluding hydrogens is 374 g/mol. The maximum Gasteiger partial charge on any atom is 0.236 e. The number of rotatable bonds is 5. The lowest BCUT2D eigenvalue weighted by molar-refractivity contribution is -0.116. The number of anilines is 1. The average molecular weight is 397 g/mol. The number of aromatic nitrogens is 4. The molecule has 1 N–H and O–H groups in total. The van der Waals surface area contributed by atoms with Crippen LogP contribution in [0.1, 0.15) is 34.3 Å². The molecule has 30 heavy (non-hydrogen) atoms. The first-order chi connectivity index (χ1) is 14.5. The number of benzene rings is 2. The summed E-state index contributed by atoms with van der Waals surface area (Å²) in [6.45, 7) is 5.86. The summed E-state index contributed by atoms with van der Waals surface area (Å²) < 4.78 is 1.90. The van der Waals surface area contributed by atoms with E-state index in [1.54, 1.807) is 12.4 Å². The van der Waals surface area contributed by atoms with Crippen LogP contribution in [0.25, 0.3) is 5.95 Å². The molecule has 0 aliphatic rings. The average Bonchev–Trinajstić information content (AvgIpc) is 3.02. The molecule has 150 valence electrons. The number of amides is 1. The molecule has 0 atom stereocenters. The normalized spacial score (nSPS) is 10.9. The zero-order valence-corrected chi connectivity index (χ0v) is 17.2. The number of aryl methyl sites for hydroxylation is 2. The second-order valence-corrected chi connectivity index (χ2v) is 7.18. The monoisotopic (exact) mass is 397 g/mol. The molecule has 0 aliphatic heterocycles. The minimum Gasteiger partial charge on any atom is -0.323 e. The first kappa shape index (κ1) is 19.5. The molecule has 1 amide bonds. The van der Waals surface area contributed by atoms with Crippen molar-refractivity contribution in [3.05, 3.63) is 101 Å². The van der Waals surface area contributed by atoms with Crippen LogP contribution in [0.4, 0.5) is 5.69 Å². The van der Waals surface area contributed by atoms with E-state index >= 15 is 0 Å². The third-order valence-electron chi connectivity index (χ3n) is 5.15. The number of nitrogens with zero attached hydrogens (tertiary/aromatic N) is 4. The molecule has 2 aromatic heterocycles. The van der Waals surface area contributed by atoms with E-state index in [2.05, 4.69) is 20.3 Å². The van der Waals surface area contributed by atoms with Crippen molar-refractivity contribution in [1.82, 2.24) is 19.5 Å². The van der Waals surface area contributed by atoms with Gasteiger partial charge in [0, 0.05) is 5.69 Å². The number of carbonyl (C=O) groups excluding carboxylic acids is 1. The fraction of sp³-hybridized carbons (Fsp3) is 0.167. The Hall–Kier alpha value is -3.80. The smallest absolute Gasteiger partial charge is 0.236 e. The second kappa shape index (κ2) is 8.29. The van der Waals surface area contributed by atoms with Gasteiger partial charge in [0.1, 0.15) is 5.82 Å². The van der Waals surface area contributed by atoms with E-state index in [1.165, 1.54) is 0 Å². The van der Waals surface area contributed by atoms with Crippen LogP contribution in [0.3, 0.4) is 0 Å². The summed E-state index contributed by atoms with van der Waals surface area (Å²) in [6.07, 6.45) is 3.25. The Morgan fingerprint density at radius 1 is 0.867 bits per heavy atom. The first-order valence-corrected chi connectivity index (χ1v) is 9.80. The third kappa shape index (κ3) is 3.85. The number of hydrogen-bond acceptors (Lipinski definition) is 4. The van der Waals surface area contributed by atoms with Gasteiger partial charge in [-0.1, -0.05) is 60.7 Å². The van der Waals surface area contributed by atoms with Crippen LogP contribution in [-0.2, 0) is 4.79 Å². The van der Waals surface area contributed by atoms with Gasteiger partial charge in [-0.2, -0.15) is 0 Å². The molecule has 2 heterocycles. The Balaban J connectivity index is 1.60. The molecule has 0 aliphatic carbocycles. The molecule has 2 aromatic carbocycles. The standard InChI is InChI=1S/C24H23N5O/c1-16-17(2)29(18(3)27-16)24-25-14-21(15-26-24)28-23(30)22(19-10-6-4-7-11-19)20-12-8-5-9-13-20/h4-15,22H,1-3H3,(H,28,30). The highest BCUT2D eigenvalue weighted by atomic mass is 16.1. The van der Waals surface area contributed by atoms with E-state index in [-0.39, 0.29) is 5.91 Å². The number of imidazole rings is 1. The fourth-order valence-electron chi connectivity index (χ4n) is 3.57. The number of hydrogen-bond donors (Lipinski definition) is 1. The zero-order valence-electron chi connectivity index (χ0n) is 17.2. The maximum atomic E-state index is 13.2. The SMILES string of the molecule is Cc1nc(C)n(-c2ncc(NC(=O)C(c3ccccc3)c3ccccc3)cn2)c1C. The van der Waals surface area contributed by atoms with Crippen molar-refractivity contribution >= 4 is 11.6 Å². The Bertz CT molecular complexity index is 1110. The van der Waals surface area contributed by atoms with Crippen molar-refractivity contribution in [2.24, 2.45) is 0 Å². The lowest BCUT2D eigenvalue weighted by Gasteiger charge is -2.18. The highest BCUT2D eigenvalue weighted by Gasteiger charge is 2.23. The van der Waals surface area contributed by atoms with Crippen LogP contribution in [0, 0.1) is 20.8 Å². The molecule has 0 fully saturated rings. The number of carbonyl (C=O) groups is 1. The van der Waals surface area contributed by atoms with Gasteiger partial charge in [0.05, 0.1) is 29.7 Å². The van der Waals surface area contributed by atoms with Crippen molar-refractivity contribution in [2.45, 2.75) is 26.7 Å². The van der Waals surface area contributed by atoms with Gasteiger partial charge in [0.25, 0.3) is 0 Å². The highest BCUT2D eigenvalue weighted by molar-refractivity contribution is 5.97. The van der Waals surface area contributed by atoms with Crippen molar-refractivity contribution in [2.75, 3.05) is 5.32 Å². The van der Waals surface area contributed by atoms with Gasteiger partial charge in [0.15, 0.2) is 0 Å². The number of nitrogens with one attached hydrogen (secondary N) is 1. The molecule has 0 unspecified atom stereocenters. The molecule has 6 nitrogen and oxygen atoms in total. The largest absolute Gasteiger partial charge is 0.323 e. The third-order valence-corrected chi connectivity index (χ3v) is 5.15.